The molecule has 37 nitrogen and oxygen atoms in total. The molecule has 0 saturated carbocycles. The van der Waals surface area contributed by atoms with Crippen LogP contribution in [0.15, 0.2) is 0 Å². The first-order valence-corrected chi connectivity index (χ1v) is 26.4. The normalized spacial score (nSPS) is 46.8. The maximum Gasteiger partial charge on any atom is 0.217 e. The molecule has 0 radical (unpaired) electrons. The van der Waals surface area contributed by atoms with Crippen LogP contribution in [0.3, 0.4) is 0 Å². The average Bonchev–Trinajstić information content (AvgIpc) is 2.77. The van der Waals surface area contributed by atoms with E-state index in [9.17, 15) is 117 Å². The van der Waals surface area contributed by atoms with Gasteiger partial charge < -0.3 is 175 Å². The van der Waals surface area contributed by atoms with Crippen molar-refractivity contribution in [3.8, 4) is 0 Å². The predicted octanol–water partition coefficient (Wildman–Crippen LogP) is -15.3. The van der Waals surface area contributed by atoms with Gasteiger partial charge in [0.15, 0.2) is 37.7 Å². The second kappa shape index (κ2) is 30.7. The molecule has 6 heterocycles. The van der Waals surface area contributed by atoms with Crippen molar-refractivity contribution in [3.05, 3.63) is 0 Å². The van der Waals surface area contributed by atoms with Gasteiger partial charge in [-0.1, -0.05) is 0 Å². The lowest BCUT2D eigenvalue weighted by atomic mass is 9.93. The zero-order valence-electron chi connectivity index (χ0n) is 44.7. The van der Waals surface area contributed by atoms with E-state index in [0.29, 0.717) is 0 Å². The number of carbonyl (C=O) groups is 2. The second-order valence-electron chi connectivity index (χ2n) is 20.8. The van der Waals surface area contributed by atoms with Crippen LogP contribution in [0.5, 0.6) is 0 Å². The molecule has 2 amide bonds. The molecule has 6 aliphatic heterocycles. The third kappa shape index (κ3) is 15.7. The van der Waals surface area contributed by atoms with Crippen LogP contribution in [0.1, 0.15) is 20.8 Å². The fourth-order valence-electron chi connectivity index (χ4n) is 10.2. The first kappa shape index (κ1) is 69.7. The van der Waals surface area contributed by atoms with Crippen LogP contribution in [0.2, 0.25) is 0 Å². The summed E-state index contributed by atoms with van der Waals surface area (Å²) in [5.41, 5.74) is 0. The number of hydrogen-bond donors (Lipinski definition) is 23. The minimum absolute atomic E-state index is 0.852. The van der Waals surface area contributed by atoms with Gasteiger partial charge in [0.1, 0.15) is 165 Å². The van der Waals surface area contributed by atoms with Crippen molar-refractivity contribution in [1.82, 2.24) is 10.6 Å². The topological polar surface area (TPSA) is 594 Å². The van der Waals surface area contributed by atoms with E-state index >= 15 is 0 Å². The van der Waals surface area contributed by atoms with Crippen LogP contribution < -0.4 is 10.6 Å². The van der Waals surface area contributed by atoms with Crippen molar-refractivity contribution < 1.29 is 174 Å². The van der Waals surface area contributed by atoms with Crippen molar-refractivity contribution in [2.24, 2.45) is 0 Å². The van der Waals surface area contributed by atoms with E-state index in [0.717, 1.165) is 13.8 Å². The first-order valence-electron chi connectivity index (χ1n) is 26.4. The van der Waals surface area contributed by atoms with Gasteiger partial charge in [-0.3, -0.25) is 9.59 Å². The fourth-order valence-corrected chi connectivity index (χ4v) is 10.2. The van der Waals surface area contributed by atoms with Crippen molar-refractivity contribution >= 4 is 11.8 Å². The quantitative estimate of drug-likeness (QED) is 0.0427. The Labute approximate surface area is 471 Å². The maximum atomic E-state index is 13.2. The molecule has 0 spiro atoms. The first-order chi connectivity index (χ1) is 39.2. The van der Waals surface area contributed by atoms with E-state index in [2.05, 4.69) is 10.6 Å². The van der Waals surface area contributed by atoms with Crippen LogP contribution >= 0.6 is 0 Å². The average molecular weight is 1220 g/mol. The van der Waals surface area contributed by atoms with E-state index in [1.807, 2.05) is 0 Å². The smallest absolute Gasteiger partial charge is 0.217 e. The lowest BCUT2D eigenvalue weighted by Crippen LogP contribution is -2.71. The highest BCUT2D eigenvalue weighted by atomic mass is 16.8. The highest BCUT2D eigenvalue weighted by Gasteiger charge is 2.59. The highest BCUT2D eigenvalue weighted by Crippen LogP contribution is 2.38. The molecular weight excluding hydrogens is 1140 g/mol. The van der Waals surface area contributed by atoms with E-state index in [-0.39, 0.29) is 0 Å². The number of nitrogens with one attached hydrogen (secondary N) is 2. The Morgan fingerprint density at radius 3 is 1.34 bits per heavy atom. The molecule has 6 rings (SSSR count). The summed E-state index contributed by atoms with van der Waals surface area (Å²) in [5.74, 6) is -1.80. The molecule has 484 valence electrons. The molecule has 83 heavy (non-hydrogen) atoms. The Hall–Kier alpha value is -2.38. The molecule has 0 aromatic rings. The number of amides is 2. The van der Waals surface area contributed by atoms with Crippen molar-refractivity contribution in [2.75, 3.05) is 46.2 Å². The molecule has 0 aromatic carbocycles. The summed E-state index contributed by atoms with van der Waals surface area (Å²) in [6, 6.07) is -3.68. The molecule has 0 bridgehead atoms. The van der Waals surface area contributed by atoms with Gasteiger partial charge >= 0.3 is 0 Å². The highest BCUT2D eigenvalue weighted by molar-refractivity contribution is 5.73. The number of aliphatic hydroxyl groups is 21. The Balaban J connectivity index is 1.37. The molecule has 23 N–H and O–H groups in total. The van der Waals surface area contributed by atoms with Gasteiger partial charge in [-0.25, -0.2) is 0 Å². The second-order valence-corrected chi connectivity index (χ2v) is 20.8. The van der Waals surface area contributed by atoms with Gasteiger partial charge in [0.05, 0.1) is 52.4 Å². The number of rotatable bonds is 24. The van der Waals surface area contributed by atoms with Crippen LogP contribution in [-0.2, 0) is 66.4 Å². The van der Waals surface area contributed by atoms with E-state index in [1.165, 1.54) is 6.92 Å². The number of carbonyl (C=O) groups excluding carboxylic acids is 2. The summed E-state index contributed by atoms with van der Waals surface area (Å²) in [4.78, 5) is 25.8. The monoisotopic (exact) mass is 1220 g/mol. The molecule has 6 saturated heterocycles. The van der Waals surface area contributed by atoms with Crippen LogP contribution in [-0.4, -0.2) is 374 Å². The van der Waals surface area contributed by atoms with Gasteiger partial charge in [-0.05, 0) is 6.92 Å². The van der Waals surface area contributed by atoms with Gasteiger partial charge in [0.25, 0.3) is 0 Å². The van der Waals surface area contributed by atoms with Gasteiger partial charge in [0, 0.05) is 13.8 Å². The SMILES string of the molecule is CC(=O)N[C@H]1[C@H](OC[C@H]2O[C@@H](O[C@@H]([C@H](O)[C@@H](O)CO)[C@H](O)CO)[C@H](O)[C@@H](O[C@@H]3O[C@H](CO)[C@@H](O[C@@H]4O[C@H](CO)[C@H](O)[C@H](O)[C@H]4O)[C@H](O[C@@H]4O[C@@H](C)[C@@H](O)[C@@H](O)[C@@H]4O)[C@H]3NC(C)=O)[C@H]2O)O[C@H](CO)[C@@H](O[C@@H]2O[C@H](CO)[C@H](O)[C@H](O)[C@H]2O)[C@@H]1O. The summed E-state index contributed by atoms with van der Waals surface area (Å²) in [6.07, 6.45) is -63.5. The Morgan fingerprint density at radius 2 is 0.831 bits per heavy atom. The largest absolute Gasteiger partial charge is 0.394 e. The van der Waals surface area contributed by atoms with Gasteiger partial charge in [0.2, 0.25) is 11.8 Å². The maximum absolute atomic E-state index is 13.2. The number of ether oxygens (including phenoxy) is 12. The predicted molar refractivity (Wildman–Crippen MR) is 256 cm³/mol. The van der Waals surface area contributed by atoms with E-state index in [1.54, 1.807) is 0 Å². The van der Waals surface area contributed by atoms with Crippen LogP contribution in [0.25, 0.3) is 0 Å². The number of hydrogen-bond acceptors (Lipinski definition) is 35. The zero-order valence-corrected chi connectivity index (χ0v) is 44.7. The molecular formula is C46H80N2O35. The number of aliphatic hydroxyl groups excluding tert-OH is 21. The van der Waals surface area contributed by atoms with Gasteiger partial charge in [-0.15, -0.1) is 0 Å². The van der Waals surface area contributed by atoms with Crippen molar-refractivity contribution in [3.63, 3.8) is 0 Å². The van der Waals surface area contributed by atoms with Crippen molar-refractivity contribution in [1.29, 1.82) is 0 Å². The van der Waals surface area contributed by atoms with E-state index < -0.39 is 267 Å². The van der Waals surface area contributed by atoms with Crippen molar-refractivity contribution in [2.45, 2.75) is 229 Å². The summed E-state index contributed by atoms with van der Waals surface area (Å²) < 4.78 is 70.3. The molecule has 0 aromatic heterocycles. The lowest BCUT2D eigenvalue weighted by Gasteiger charge is -2.51. The summed E-state index contributed by atoms with van der Waals surface area (Å²) >= 11 is 0. The third-order valence-corrected chi connectivity index (χ3v) is 14.9. The summed E-state index contributed by atoms with van der Waals surface area (Å²) in [6.45, 7) is -4.22. The van der Waals surface area contributed by atoms with Crippen LogP contribution in [0, 0.1) is 0 Å². The Morgan fingerprint density at radius 1 is 0.410 bits per heavy atom. The van der Waals surface area contributed by atoms with E-state index in [4.69, 9.17) is 56.8 Å². The summed E-state index contributed by atoms with van der Waals surface area (Å²) in [5, 5.41) is 229. The molecule has 0 aliphatic carbocycles. The zero-order chi connectivity index (χ0) is 61.6. The van der Waals surface area contributed by atoms with Crippen LogP contribution in [0.4, 0.5) is 0 Å². The summed E-state index contributed by atoms with van der Waals surface area (Å²) in [7, 11) is 0. The minimum Gasteiger partial charge on any atom is -0.394 e. The third-order valence-electron chi connectivity index (χ3n) is 14.9. The molecule has 37 heteroatoms. The molecule has 0 unspecified atom stereocenters. The standard InChI is InChI=1S/C46H80N2O35/c1-11-23(59)29(65)32(68)43(73-11)82-39-22(48-13(3)56)42(77-19(9-54)38(39)81-45-34(70)31(67)26(62)17(7-52)75-45)83-40-27(63)20(78-46(35(40)71)79-36(15(58)5-50)24(60)14(57)4-49)10-72-41-21(47-12(2)55)28(64)37(18(8-53)76-41)80-44-33(69)30(66)25(61)16(6-51)74-44/h11,14-46,49-54,57-71H,4-10H2,1-3H3,(H,47,55)(H,48,56)/t11-,14-,15+,16+,17+,18+,19+,20+,21+,22+,23+,24+,25-,26-,27-,28+,29+,30-,31-,32-,33+,34+,35+,36+,37+,38+,39+,40-,41+,42-,43-,44-,45-,46-/m0/s1. The Kier molecular flexibility index (Phi) is 25.8. The molecule has 34 atom stereocenters. The van der Waals surface area contributed by atoms with Gasteiger partial charge in [-0.2, -0.15) is 0 Å². The minimum atomic E-state index is -2.43. The lowest BCUT2D eigenvalue weighted by molar-refractivity contribution is -0.389. The Bertz CT molecular complexity index is 1990. The molecule has 6 aliphatic rings. The fraction of sp³-hybridized carbons (Fsp3) is 0.957. The molecule has 6 fully saturated rings.